The van der Waals surface area contributed by atoms with Gasteiger partial charge in [0.25, 0.3) is 0 Å². The molecule has 1 aromatic heterocycles. The monoisotopic (exact) mass is 220 g/mol. The number of pyridine rings is 1. The van der Waals surface area contributed by atoms with Gasteiger partial charge in [-0.05, 0) is 49.4 Å². The lowest BCUT2D eigenvalue weighted by molar-refractivity contribution is 0.474. The van der Waals surface area contributed by atoms with Crippen LogP contribution in [-0.4, -0.2) is 18.1 Å². The van der Waals surface area contributed by atoms with Crippen molar-refractivity contribution in [3.05, 3.63) is 30.1 Å². The van der Waals surface area contributed by atoms with Gasteiger partial charge in [-0.15, -0.1) is 0 Å². The highest BCUT2D eigenvalue weighted by molar-refractivity contribution is 5.08. The molecule has 1 heterocycles. The summed E-state index contributed by atoms with van der Waals surface area (Å²) in [5.74, 6) is 1.47. The predicted molar refractivity (Wildman–Crippen MR) is 69.4 cm³/mol. The fourth-order valence-corrected chi connectivity index (χ4v) is 1.76. The van der Waals surface area contributed by atoms with E-state index in [4.69, 9.17) is 0 Å². The van der Waals surface area contributed by atoms with Crippen LogP contribution in [0.2, 0.25) is 0 Å². The Morgan fingerprint density at radius 2 is 2.12 bits per heavy atom. The Kier molecular flexibility index (Phi) is 6.09. The molecule has 0 bridgehead atoms. The van der Waals surface area contributed by atoms with Crippen molar-refractivity contribution in [2.75, 3.05) is 13.1 Å². The summed E-state index contributed by atoms with van der Waals surface area (Å²) in [6, 6.07) is 4.17. The van der Waals surface area contributed by atoms with E-state index in [1.807, 2.05) is 18.5 Å². The first kappa shape index (κ1) is 13.2. The Morgan fingerprint density at radius 1 is 1.31 bits per heavy atom. The van der Waals surface area contributed by atoms with Crippen LogP contribution in [0.4, 0.5) is 0 Å². The smallest absolute Gasteiger partial charge is 0.0299 e. The second-order valence-electron chi connectivity index (χ2n) is 5.06. The van der Waals surface area contributed by atoms with E-state index in [0.29, 0.717) is 0 Å². The maximum atomic E-state index is 4.14. The Morgan fingerprint density at radius 3 is 2.75 bits per heavy atom. The van der Waals surface area contributed by atoms with Crippen LogP contribution >= 0.6 is 0 Å². The van der Waals surface area contributed by atoms with Gasteiger partial charge < -0.3 is 5.32 Å². The van der Waals surface area contributed by atoms with Gasteiger partial charge in [-0.25, -0.2) is 0 Å². The van der Waals surface area contributed by atoms with Gasteiger partial charge in [0.1, 0.15) is 0 Å². The van der Waals surface area contributed by atoms with Gasteiger partial charge in [-0.1, -0.05) is 26.8 Å². The quantitative estimate of drug-likeness (QED) is 0.715. The van der Waals surface area contributed by atoms with Crippen LogP contribution in [0.25, 0.3) is 0 Å². The van der Waals surface area contributed by atoms with Crippen molar-refractivity contribution < 1.29 is 0 Å². The highest BCUT2D eigenvalue weighted by Gasteiger charge is 2.03. The van der Waals surface area contributed by atoms with Gasteiger partial charge >= 0.3 is 0 Å². The van der Waals surface area contributed by atoms with E-state index >= 15 is 0 Å². The SMILES string of the molecule is CC(C)CNCCC(C)Cc1cccnc1. The van der Waals surface area contributed by atoms with Crippen molar-refractivity contribution in [3.63, 3.8) is 0 Å². The van der Waals surface area contributed by atoms with Crippen LogP contribution in [0.3, 0.4) is 0 Å². The van der Waals surface area contributed by atoms with Gasteiger partial charge in [0, 0.05) is 12.4 Å². The zero-order valence-electron chi connectivity index (χ0n) is 10.7. The normalized spacial score (nSPS) is 13.0. The lowest BCUT2D eigenvalue weighted by Gasteiger charge is -2.12. The number of hydrogen-bond acceptors (Lipinski definition) is 2. The van der Waals surface area contributed by atoms with E-state index in [2.05, 4.69) is 37.1 Å². The molecule has 1 atom stereocenters. The standard InChI is InChI=1S/C14H24N2/c1-12(2)10-16-8-6-13(3)9-14-5-4-7-15-11-14/h4-5,7,11-13,16H,6,8-10H2,1-3H3. The van der Waals surface area contributed by atoms with E-state index < -0.39 is 0 Å². The zero-order valence-corrected chi connectivity index (χ0v) is 10.7. The number of aromatic nitrogens is 1. The molecule has 2 nitrogen and oxygen atoms in total. The molecule has 1 rings (SSSR count). The van der Waals surface area contributed by atoms with Gasteiger partial charge in [-0.3, -0.25) is 4.98 Å². The van der Waals surface area contributed by atoms with Gasteiger partial charge in [0.15, 0.2) is 0 Å². The fourth-order valence-electron chi connectivity index (χ4n) is 1.76. The van der Waals surface area contributed by atoms with E-state index in [1.54, 1.807) is 0 Å². The summed E-state index contributed by atoms with van der Waals surface area (Å²) in [5.41, 5.74) is 1.35. The topological polar surface area (TPSA) is 24.9 Å². The van der Waals surface area contributed by atoms with Crippen molar-refractivity contribution >= 4 is 0 Å². The minimum atomic E-state index is 0.726. The predicted octanol–water partition coefficient (Wildman–Crippen LogP) is 2.90. The summed E-state index contributed by atoms with van der Waals surface area (Å²) in [4.78, 5) is 4.14. The van der Waals surface area contributed by atoms with Gasteiger partial charge in [-0.2, -0.15) is 0 Å². The van der Waals surface area contributed by atoms with E-state index in [1.165, 1.54) is 12.0 Å². The molecule has 1 unspecified atom stereocenters. The summed E-state index contributed by atoms with van der Waals surface area (Å²) in [6.07, 6.45) is 6.18. The number of nitrogens with one attached hydrogen (secondary N) is 1. The average Bonchev–Trinajstić information content (AvgIpc) is 2.25. The molecule has 0 saturated carbocycles. The van der Waals surface area contributed by atoms with Crippen LogP contribution in [-0.2, 0) is 6.42 Å². The molecule has 0 amide bonds. The van der Waals surface area contributed by atoms with E-state index in [9.17, 15) is 0 Å². The highest BCUT2D eigenvalue weighted by atomic mass is 14.8. The molecule has 0 radical (unpaired) electrons. The lowest BCUT2D eigenvalue weighted by atomic mass is 9.99. The molecular formula is C14H24N2. The molecule has 90 valence electrons. The minimum Gasteiger partial charge on any atom is -0.316 e. The molecule has 0 aliphatic heterocycles. The van der Waals surface area contributed by atoms with Crippen LogP contribution in [0.15, 0.2) is 24.5 Å². The Labute approximate surface area is 99.5 Å². The fraction of sp³-hybridized carbons (Fsp3) is 0.643. The largest absolute Gasteiger partial charge is 0.316 e. The molecular weight excluding hydrogens is 196 g/mol. The Hall–Kier alpha value is -0.890. The summed E-state index contributed by atoms with van der Waals surface area (Å²) >= 11 is 0. The molecule has 0 aromatic carbocycles. The number of rotatable bonds is 7. The molecule has 1 aromatic rings. The molecule has 0 aliphatic rings. The molecule has 2 heteroatoms. The van der Waals surface area contributed by atoms with E-state index in [-0.39, 0.29) is 0 Å². The first-order valence-corrected chi connectivity index (χ1v) is 6.28. The van der Waals surface area contributed by atoms with Crippen molar-refractivity contribution in [1.29, 1.82) is 0 Å². The van der Waals surface area contributed by atoms with Gasteiger partial charge in [0.2, 0.25) is 0 Å². The third-order valence-corrected chi connectivity index (χ3v) is 2.67. The summed E-state index contributed by atoms with van der Waals surface area (Å²) in [7, 11) is 0. The van der Waals surface area contributed by atoms with Crippen molar-refractivity contribution in [1.82, 2.24) is 10.3 Å². The highest BCUT2D eigenvalue weighted by Crippen LogP contribution is 2.09. The minimum absolute atomic E-state index is 0.726. The summed E-state index contributed by atoms with van der Waals surface area (Å²) in [6.45, 7) is 9.04. The molecule has 0 aliphatic carbocycles. The maximum Gasteiger partial charge on any atom is 0.0299 e. The summed E-state index contributed by atoms with van der Waals surface area (Å²) in [5, 5.41) is 3.49. The van der Waals surface area contributed by atoms with E-state index in [0.717, 1.165) is 31.3 Å². The Balaban J connectivity index is 2.14. The lowest BCUT2D eigenvalue weighted by Crippen LogP contribution is -2.22. The first-order chi connectivity index (χ1) is 7.68. The molecule has 0 spiro atoms. The second-order valence-corrected chi connectivity index (χ2v) is 5.06. The third kappa shape index (κ3) is 5.86. The van der Waals surface area contributed by atoms with Crippen molar-refractivity contribution in [2.45, 2.75) is 33.6 Å². The number of hydrogen-bond donors (Lipinski definition) is 1. The van der Waals surface area contributed by atoms with Crippen LogP contribution in [0.1, 0.15) is 32.8 Å². The van der Waals surface area contributed by atoms with Crippen molar-refractivity contribution in [2.24, 2.45) is 11.8 Å². The third-order valence-electron chi connectivity index (χ3n) is 2.67. The molecule has 1 N–H and O–H groups in total. The average molecular weight is 220 g/mol. The van der Waals surface area contributed by atoms with Gasteiger partial charge in [0.05, 0.1) is 0 Å². The molecule has 16 heavy (non-hydrogen) atoms. The molecule has 0 fully saturated rings. The number of nitrogens with zero attached hydrogens (tertiary/aromatic N) is 1. The molecule has 0 saturated heterocycles. The maximum absolute atomic E-state index is 4.14. The zero-order chi connectivity index (χ0) is 11.8. The summed E-state index contributed by atoms with van der Waals surface area (Å²) < 4.78 is 0. The first-order valence-electron chi connectivity index (χ1n) is 6.28. The Bertz CT molecular complexity index is 269. The van der Waals surface area contributed by atoms with Crippen LogP contribution < -0.4 is 5.32 Å². The second kappa shape index (κ2) is 7.39. The van der Waals surface area contributed by atoms with Crippen molar-refractivity contribution in [3.8, 4) is 0 Å². The van der Waals surface area contributed by atoms with Crippen LogP contribution in [0.5, 0.6) is 0 Å². The van der Waals surface area contributed by atoms with Crippen LogP contribution in [0, 0.1) is 11.8 Å².